The van der Waals surface area contributed by atoms with Crippen LogP contribution in [0.1, 0.15) is 44.6 Å². The van der Waals surface area contributed by atoms with Gasteiger partial charge < -0.3 is 10.1 Å². The van der Waals surface area contributed by atoms with Crippen LogP contribution in [0.15, 0.2) is 24.3 Å². The molecule has 1 aliphatic heterocycles. The Balaban J connectivity index is 1.76. The second-order valence-corrected chi connectivity index (χ2v) is 9.26. The normalized spacial score (nSPS) is 28.2. The van der Waals surface area contributed by atoms with E-state index >= 15 is 0 Å². The van der Waals surface area contributed by atoms with Crippen LogP contribution in [-0.2, 0) is 21.4 Å². The second kappa shape index (κ2) is 7.56. The van der Waals surface area contributed by atoms with E-state index in [0.717, 1.165) is 37.0 Å². The lowest BCUT2D eigenvalue weighted by Gasteiger charge is -2.50. The van der Waals surface area contributed by atoms with E-state index in [4.69, 9.17) is 4.74 Å². The van der Waals surface area contributed by atoms with Crippen molar-refractivity contribution in [1.82, 2.24) is 9.62 Å². The molecule has 0 radical (unpaired) electrons. The lowest BCUT2D eigenvalue weighted by molar-refractivity contribution is -0.137. The highest BCUT2D eigenvalue weighted by molar-refractivity contribution is 7.89. The monoisotopic (exact) mass is 380 g/mol. The van der Waals surface area contributed by atoms with Crippen LogP contribution in [0.4, 0.5) is 0 Å². The second-order valence-electron chi connectivity index (χ2n) is 7.22. The molecule has 2 aliphatic rings. The van der Waals surface area contributed by atoms with Crippen molar-refractivity contribution in [3.05, 3.63) is 29.8 Å². The number of fused-ring (bicyclic) bond motifs is 1. The fourth-order valence-electron chi connectivity index (χ4n) is 4.45. The molecule has 3 rings (SSSR count). The van der Waals surface area contributed by atoms with Gasteiger partial charge in [-0.2, -0.15) is 4.31 Å². The minimum absolute atomic E-state index is 0.00799. The van der Waals surface area contributed by atoms with Crippen molar-refractivity contribution < 1.29 is 17.9 Å². The van der Waals surface area contributed by atoms with E-state index in [0.29, 0.717) is 19.5 Å². The first kappa shape index (κ1) is 19.2. The molecule has 1 N–H and O–H groups in total. The van der Waals surface area contributed by atoms with E-state index in [-0.39, 0.29) is 17.7 Å². The fraction of sp³-hybridized carbons (Fsp3) is 0.632. The van der Waals surface area contributed by atoms with Gasteiger partial charge in [-0.3, -0.25) is 4.79 Å². The molecule has 1 amide bonds. The summed E-state index contributed by atoms with van der Waals surface area (Å²) >= 11 is 0. The van der Waals surface area contributed by atoms with E-state index in [1.807, 2.05) is 31.2 Å². The largest absolute Gasteiger partial charge is 0.497 e. The number of hydrogen-bond donors (Lipinski definition) is 1. The molecule has 0 spiro atoms. The summed E-state index contributed by atoms with van der Waals surface area (Å²) < 4.78 is 31.6. The third-order valence-electron chi connectivity index (χ3n) is 5.88. The van der Waals surface area contributed by atoms with Crippen LogP contribution in [0.2, 0.25) is 0 Å². The zero-order valence-corrected chi connectivity index (χ0v) is 16.3. The van der Waals surface area contributed by atoms with E-state index in [1.54, 1.807) is 11.4 Å². The highest BCUT2D eigenvalue weighted by Gasteiger charge is 2.54. The number of carbonyl (C=O) groups excluding carboxylic acids is 1. The van der Waals surface area contributed by atoms with Gasteiger partial charge in [-0.25, -0.2) is 8.42 Å². The van der Waals surface area contributed by atoms with Gasteiger partial charge in [0, 0.05) is 19.1 Å². The highest BCUT2D eigenvalue weighted by Crippen LogP contribution is 2.46. The summed E-state index contributed by atoms with van der Waals surface area (Å²) in [5.74, 6) is 0.835. The van der Waals surface area contributed by atoms with Crippen LogP contribution in [0.5, 0.6) is 5.75 Å². The summed E-state index contributed by atoms with van der Waals surface area (Å²) in [6, 6.07) is 7.39. The summed E-state index contributed by atoms with van der Waals surface area (Å²) in [6.45, 7) is 2.73. The lowest BCUT2D eigenvalue weighted by atomic mass is 9.67. The lowest BCUT2D eigenvalue weighted by Crippen LogP contribution is -2.62. The van der Waals surface area contributed by atoms with E-state index in [9.17, 15) is 13.2 Å². The minimum Gasteiger partial charge on any atom is -0.497 e. The summed E-state index contributed by atoms with van der Waals surface area (Å²) in [5.41, 5.74) is 0.408. The standard InChI is InChI=1S/C19H28N2O4S/c1-3-21-17-6-4-5-11-19(17,12-13-26(21,23)24)18(22)20-14-15-7-9-16(25-2)10-8-15/h7-10,17H,3-6,11-14H2,1-2H3,(H,20,22)/t17-,19-/m1/s1. The van der Waals surface area contributed by atoms with Gasteiger partial charge in [0.25, 0.3) is 0 Å². The Morgan fingerprint density at radius 2 is 2.00 bits per heavy atom. The van der Waals surface area contributed by atoms with E-state index in [1.165, 1.54) is 0 Å². The first-order valence-electron chi connectivity index (χ1n) is 9.34. The van der Waals surface area contributed by atoms with Crippen LogP contribution >= 0.6 is 0 Å². The first-order chi connectivity index (χ1) is 12.4. The molecule has 2 fully saturated rings. The molecule has 1 aliphatic carbocycles. The average molecular weight is 381 g/mol. The van der Waals surface area contributed by atoms with Gasteiger partial charge in [0.2, 0.25) is 15.9 Å². The van der Waals surface area contributed by atoms with Crippen LogP contribution in [0.3, 0.4) is 0 Å². The molecule has 6 nitrogen and oxygen atoms in total. The molecule has 144 valence electrons. The van der Waals surface area contributed by atoms with Gasteiger partial charge in [-0.05, 0) is 37.0 Å². The van der Waals surface area contributed by atoms with Crippen molar-refractivity contribution in [2.75, 3.05) is 19.4 Å². The third kappa shape index (κ3) is 3.47. The van der Waals surface area contributed by atoms with Crippen molar-refractivity contribution in [2.24, 2.45) is 5.41 Å². The molecule has 1 heterocycles. The van der Waals surface area contributed by atoms with Gasteiger partial charge in [0.15, 0.2) is 0 Å². The van der Waals surface area contributed by atoms with Crippen LogP contribution in [0.25, 0.3) is 0 Å². The number of methoxy groups -OCH3 is 1. The Morgan fingerprint density at radius 3 is 2.65 bits per heavy atom. The number of sulfonamides is 1. The zero-order chi connectivity index (χ0) is 18.8. The summed E-state index contributed by atoms with van der Waals surface area (Å²) in [7, 11) is -1.63. The zero-order valence-electron chi connectivity index (χ0n) is 15.5. The molecule has 1 aromatic carbocycles. The molecule has 26 heavy (non-hydrogen) atoms. The van der Waals surface area contributed by atoms with Crippen molar-refractivity contribution in [3.63, 3.8) is 0 Å². The predicted molar refractivity (Wildman–Crippen MR) is 100 cm³/mol. The van der Waals surface area contributed by atoms with Crippen molar-refractivity contribution in [3.8, 4) is 5.75 Å². The molecule has 1 saturated carbocycles. The first-order valence-corrected chi connectivity index (χ1v) is 10.9. The molecule has 1 aromatic rings. The number of benzene rings is 1. The van der Waals surface area contributed by atoms with Gasteiger partial charge >= 0.3 is 0 Å². The molecular formula is C19H28N2O4S. The molecule has 0 unspecified atom stereocenters. The maximum atomic E-state index is 13.2. The van der Waals surface area contributed by atoms with Crippen molar-refractivity contribution >= 4 is 15.9 Å². The molecule has 0 bridgehead atoms. The Labute approximate surface area is 156 Å². The number of ether oxygens (including phenoxy) is 1. The Kier molecular flexibility index (Phi) is 5.58. The average Bonchev–Trinajstić information content (AvgIpc) is 2.66. The molecule has 1 saturated heterocycles. The van der Waals surface area contributed by atoms with Crippen LogP contribution in [0, 0.1) is 5.41 Å². The maximum absolute atomic E-state index is 13.2. The Bertz CT molecular complexity index is 747. The Morgan fingerprint density at radius 1 is 1.27 bits per heavy atom. The van der Waals surface area contributed by atoms with E-state index < -0.39 is 15.4 Å². The van der Waals surface area contributed by atoms with Gasteiger partial charge in [0.1, 0.15) is 5.75 Å². The minimum atomic E-state index is -3.25. The third-order valence-corrected chi connectivity index (χ3v) is 7.82. The topological polar surface area (TPSA) is 75.7 Å². The fourth-order valence-corrected chi connectivity index (χ4v) is 6.40. The van der Waals surface area contributed by atoms with Gasteiger partial charge in [-0.1, -0.05) is 31.9 Å². The predicted octanol–water partition coefficient (Wildman–Crippen LogP) is 2.30. The quantitative estimate of drug-likeness (QED) is 0.850. The highest BCUT2D eigenvalue weighted by atomic mass is 32.2. The molecular weight excluding hydrogens is 352 g/mol. The van der Waals surface area contributed by atoms with Gasteiger partial charge in [0.05, 0.1) is 18.3 Å². The number of carbonyl (C=O) groups is 1. The van der Waals surface area contributed by atoms with Gasteiger partial charge in [-0.15, -0.1) is 0 Å². The number of nitrogens with zero attached hydrogens (tertiary/aromatic N) is 1. The molecule has 7 heteroatoms. The van der Waals surface area contributed by atoms with E-state index in [2.05, 4.69) is 5.32 Å². The number of rotatable bonds is 5. The summed E-state index contributed by atoms with van der Waals surface area (Å²) in [5, 5.41) is 3.07. The van der Waals surface area contributed by atoms with Crippen molar-refractivity contribution in [1.29, 1.82) is 0 Å². The SMILES string of the molecule is CCN1[C@@H]2CCCC[C@@]2(C(=O)NCc2ccc(OC)cc2)CCS1(=O)=O. The molecule has 2 atom stereocenters. The smallest absolute Gasteiger partial charge is 0.228 e. The number of hydrogen-bond acceptors (Lipinski definition) is 4. The molecule has 0 aromatic heterocycles. The number of amides is 1. The summed E-state index contributed by atoms with van der Waals surface area (Å²) in [6.07, 6.45) is 3.90. The number of nitrogens with one attached hydrogen (secondary N) is 1. The van der Waals surface area contributed by atoms with Crippen LogP contribution < -0.4 is 10.1 Å². The Hall–Kier alpha value is -1.60. The van der Waals surface area contributed by atoms with Crippen LogP contribution in [-0.4, -0.2) is 44.1 Å². The maximum Gasteiger partial charge on any atom is 0.228 e. The van der Waals surface area contributed by atoms with Crippen molar-refractivity contribution in [2.45, 2.75) is 51.6 Å². The summed E-state index contributed by atoms with van der Waals surface area (Å²) in [4.78, 5) is 13.2.